The number of nitrogens with zero attached hydrogens (tertiary/aromatic N) is 3. The summed E-state index contributed by atoms with van der Waals surface area (Å²) in [6.45, 7) is 9.47. The molecular weight excluding hydrogens is 278 g/mol. The minimum atomic E-state index is -0.438. The molecule has 1 aromatic heterocycles. The molecule has 2 aliphatic rings. The highest BCUT2D eigenvalue weighted by atomic mass is 16.6. The lowest BCUT2D eigenvalue weighted by Crippen LogP contribution is -2.57. The number of carbonyl (C=O) groups is 1. The third-order valence-electron chi connectivity index (χ3n) is 4.31. The SMILES string of the molecule is Cc1ccc(N2CC3CCC(C2)N3C(=O)OC(C)(C)C)nc1. The molecule has 120 valence electrons. The van der Waals surface area contributed by atoms with Gasteiger partial charge in [-0.05, 0) is 52.2 Å². The summed E-state index contributed by atoms with van der Waals surface area (Å²) in [5.41, 5.74) is 0.728. The zero-order chi connectivity index (χ0) is 15.9. The van der Waals surface area contributed by atoms with E-state index in [-0.39, 0.29) is 18.2 Å². The van der Waals surface area contributed by atoms with Crippen molar-refractivity contribution < 1.29 is 9.53 Å². The summed E-state index contributed by atoms with van der Waals surface area (Å²) in [4.78, 5) is 21.2. The van der Waals surface area contributed by atoms with Crippen LogP contribution >= 0.6 is 0 Å². The lowest BCUT2D eigenvalue weighted by Gasteiger charge is -2.41. The Morgan fingerprint density at radius 3 is 2.36 bits per heavy atom. The lowest BCUT2D eigenvalue weighted by molar-refractivity contribution is 0.0123. The van der Waals surface area contributed by atoms with Gasteiger partial charge in [-0.3, -0.25) is 4.90 Å². The molecule has 0 aromatic carbocycles. The Bertz CT molecular complexity index is 536. The van der Waals surface area contributed by atoms with Crippen molar-refractivity contribution in [2.24, 2.45) is 0 Å². The molecule has 2 fully saturated rings. The average molecular weight is 303 g/mol. The number of aromatic nitrogens is 1. The Morgan fingerprint density at radius 2 is 1.86 bits per heavy atom. The molecule has 2 unspecified atom stereocenters. The van der Waals surface area contributed by atoms with Crippen LogP contribution in [-0.2, 0) is 4.74 Å². The molecule has 1 amide bonds. The van der Waals surface area contributed by atoms with Crippen LogP contribution in [0.5, 0.6) is 0 Å². The van der Waals surface area contributed by atoms with Crippen LogP contribution in [0.25, 0.3) is 0 Å². The maximum atomic E-state index is 12.4. The van der Waals surface area contributed by atoms with Gasteiger partial charge in [-0.2, -0.15) is 0 Å². The first-order chi connectivity index (χ1) is 10.3. The van der Waals surface area contributed by atoms with E-state index >= 15 is 0 Å². The van der Waals surface area contributed by atoms with E-state index in [0.29, 0.717) is 0 Å². The van der Waals surface area contributed by atoms with E-state index in [9.17, 15) is 4.79 Å². The highest BCUT2D eigenvalue weighted by Gasteiger charge is 2.44. The molecule has 0 spiro atoms. The number of piperazine rings is 1. The minimum Gasteiger partial charge on any atom is -0.444 e. The standard InChI is InChI=1S/C17H25N3O2/c1-12-5-8-15(18-9-12)19-10-13-6-7-14(11-19)20(13)16(21)22-17(2,3)4/h5,8-9,13-14H,6-7,10-11H2,1-4H3. The fourth-order valence-electron chi connectivity index (χ4n) is 3.35. The maximum Gasteiger partial charge on any atom is 0.410 e. The Labute approximate surface area is 132 Å². The van der Waals surface area contributed by atoms with E-state index in [1.807, 2.05) is 38.8 Å². The highest BCUT2D eigenvalue weighted by molar-refractivity contribution is 5.70. The Morgan fingerprint density at radius 1 is 1.23 bits per heavy atom. The third kappa shape index (κ3) is 3.03. The van der Waals surface area contributed by atoms with Crippen LogP contribution < -0.4 is 4.90 Å². The minimum absolute atomic E-state index is 0.170. The Kier molecular flexibility index (Phi) is 3.75. The number of aryl methyl sites for hydroxylation is 1. The fraction of sp³-hybridized carbons (Fsp3) is 0.647. The van der Waals surface area contributed by atoms with Crippen molar-refractivity contribution in [3.05, 3.63) is 23.9 Å². The van der Waals surface area contributed by atoms with Crippen molar-refractivity contribution >= 4 is 11.9 Å². The van der Waals surface area contributed by atoms with E-state index in [1.54, 1.807) is 0 Å². The number of anilines is 1. The largest absolute Gasteiger partial charge is 0.444 e. The zero-order valence-electron chi connectivity index (χ0n) is 13.9. The van der Waals surface area contributed by atoms with Crippen LogP contribution in [0, 0.1) is 6.92 Å². The van der Waals surface area contributed by atoms with Crippen molar-refractivity contribution in [2.45, 2.75) is 58.2 Å². The second-order valence-electron chi connectivity index (χ2n) is 7.37. The molecule has 1 aromatic rings. The number of amides is 1. The van der Waals surface area contributed by atoms with Gasteiger partial charge >= 0.3 is 6.09 Å². The topological polar surface area (TPSA) is 45.7 Å². The predicted molar refractivity (Wildman–Crippen MR) is 86.1 cm³/mol. The average Bonchev–Trinajstić information content (AvgIpc) is 2.69. The summed E-state index contributed by atoms with van der Waals surface area (Å²) < 4.78 is 5.57. The Balaban J connectivity index is 1.71. The van der Waals surface area contributed by atoms with Crippen molar-refractivity contribution in [1.82, 2.24) is 9.88 Å². The monoisotopic (exact) mass is 303 g/mol. The van der Waals surface area contributed by atoms with Crippen LogP contribution in [0.1, 0.15) is 39.2 Å². The van der Waals surface area contributed by atoms with Gasteiger partial charge in [-0.1, -0.05) is 6.07 Å². The van der Waals surface area contributed by atoms with Gasteiger partial charge < -0.3 is 9.64 Å². The number of pyridine rings is 1. The predicted octanol–water partition coefficient (Wildman–Crippen LogP) is 2.98. The molecule has 0 saturated carbocycles. The summed E-state index contributed by atoms with van der Waals surface area (Å²) in [6, 6.07) is 4.62. The molecular formula is C17H25N3O2. The van der Waals surface area contributed by atoms with Gasteiger partial charge in [-0.15, -0.1) is 0 Å². The van der Waals surface area contributed by atoms with Gasteiger partial charge in [0.25, 0.3) is 0 Å². The molecule has 2 bridgehead atoms. The van der Waals surface area contributed by atoms with Crippen LogP contribution in [0.4, 0.5) is 10.6 Å². The summed E-state index contributed by atoms with van der Waals surface area (Å²) in [7, 11) is 0. The molecule has 5 heteroatoms. The van der Waals surface area contributed by atoms with Crippen molar-refractivity contribution in [1.29, 1.82) is 0 Å². The smallest absolute Gasteiger partial charge is 0.410 e. The van der Waals surface area contributed by atoms with Gasteiger partial charge in [0, 0.05) is 19.3 Å². The normalized spacial score (nSPS) is 24.5. The molecule has 5 nitrogen and oxygen atoms in total. The maximum absolute atomic E-state index is 12.4. The van der Waals surface area contributed by atoms with Crippen molar-refractivity contribution in [3.63, 3.8) is 0 Å². The number of hydrogen-bond acceptors (Lipinski definition) is 4. The quantitative estimate of drug-likeness (QED) is 0.800. The van der Waals surface area contributed by atoms with Gasteiger partial charge in [0.05, 0.1) is 12.1 Å². The first-order valence-corrected chi connectivity index (χ1v) is 8.02. The van der Waals surface area contributed by atoms with Crippen molar-refractivity contribution in [3.8, 4) is 0 Å². The fourth-order valence-corrected chi connectivity index (χ4v) is 3.35. The van der Waals surface area contributed by atoms with Gasteiger partial charge in [0.1, 0.15) is 11.4 Å². The van der Waals surface area contributed by atoms with Gasteiger partial charge in [-0.25, -0.2) is 9.78 Å². The first kappa shape index (κ1) is 15.1. The lowest BCUT2D eigenvalue weighted by atomic mass is 10.2. The van der Waals surface area contributed by atoms with Crippen LogP contribution in [0.3, 0.4) is 0 Å². The Hall–Kier alpha value is -1.78. The number of fused-ring (bicyclic) bond motifs is 2. The van der Waals surface area contributed by atoms with Crippen LogP contribution in [0.15, 0.2) is 18.3 Å². The van der Waals surface area contributed by atoms with E-state index in [4.69, 9.17) is 4.74 Å². The van der Waals surface area contributed by atoms with Crippen molar-refractivity contribution in [2.75, 3.05) is 18.0 Å². The second kappa shape index (κ2) is 5.45. The van der Waals surface area contributed by atoms with E-state index in [1.165, 1.54) is 5.56 Å². The molecule has 3 heterocycles. The van der Waals surface area contributed by atoms with E-state index in [2.05, 4.69) is 22.0 Å². The molecule has 0 aliphatic carbocycles. The zero-order valence-corrected chi connectivity index (χ0v) is 13.9. The summed E-state index contributed by atoms with van der Waals surface area (Å²) in [5.74, 6) is 1.01. The third-order valence-corrected chi connectivity index (χ3v) is 4.31. The molecule has 22 heavy (non-hydrogen) atoms. The number of rotatable bonds is 1. The first-order valence-electron chi connectivity index (χ1n) is 8.02. The molecule has 2 aliphatic heterocycles. The van der Waals surface area contributed by atoms with Crippen LogP contribution in [0.2, 0.25) is 0 Å². The number of ether oxygens (including phenoxy) is 1. The van der Waals surface area contributed by atoms with Gasteiger partial charge in [0.15, 0.2) is 0 Å². The van der Waals surface area contributed by atoms with Gasteiger partial charge in [0.2, 0.25) is 0 Å². The highest BCUT2D eigenvalue weighted by Crippen LogP contribution is 2.33. The van der Waals surface area contributed by atoms with E-state index < -0.39 is 5.60 Å². The number of carbonyl (C=O) groups excluding carboxylic acids is 1. The molecule has 0 N–H and O–H groups in total. The van der Waals surface area contributed by atoms with Crippen LogP contribution in [-0.4, -0.2) is 46.8 Å². The summed E-state index contributed by atoms with van der Waals surface area (Å²) in [6.07, 6.45) is 3.83. The molecule has 0 radical (unpaired) electrons. The van der Waals surface area contributed by atoms with E-state index in [0.717, 1.165) is 31.7 Å². The molecule has 2 atom stereocenters. The summed E-state index contributed by atoms with van der Waals surface area (Å²) >= 11 is 0. The molecule has 3 rings (SSSR count). The molecule has 2 saturated heterocycles. The summed E-state index contributed by atoms with van der Waals surface area (Å²) in [5, 5.41) is 0. The second-order valence-corrected chi connectivity index (χ2v) is 7.37. The number of hydrogen-bond donors (Lipinski definition) is 0.